The van der Waals surface area contributed by atoms with Crippen molar-refractivity contribution in [2.75, 3.05) is 18.8 Å². The predicted octanol–water partition coefficient (Wildman–Crippen LogP) is 4.54. The van der Waals surface area contributed by atoms with Crippen molar-refractivity contribution in [1.82, 2.24) is 10.2 Å². The number of amides is 2. The molecule has 0 radical (unpaired) electrons. The van der Waals surface area contributed by atoms with Gasteiger partial charge in [-0.25, -0.2) is 0 Å². The van der Waals surface area contributed by atoms with E-state index in [1.807, 2.05) is 43.3 Å². The normalized spacial score (nSPS) is 11.9. The van der Waals surface area contributed by atoms with Gasteiger partial charge in [-0.3, -0.25) is 9.59 Å². The summed E-state index contributed by atoms with van der Waals surface area (Å²) in [5.74, 6) is 1.98. The number of benzene rings is 2. The first-order valence-corrected chi connectivity index (χ1v) is 11.9. The molecule has 0 saturated heterocycles. The van der Waals surface area contributed by atoms with E-state index < -0.39 is 6.04 Å². The average molecular weight is 427 g/mol. The molecular weight excluding hydrogens is 392 g/mol. The summed E-state index contributed by atoms with van der Waals surface area (Å²) in [6.07, 6.45) is 1.18. The molecular formula is C25H34N2O2S. The molecule has 162 valence electrons. The summed E-state index contributed by atoms with van der Waals surface area (Å²) < 4.78 is 0. The second-order valence-electron chi connectivity index (χ2n) is 7.93. The van der Waals surface area contributed by atoms with E-state index in [1.165, 1.54) is 11.1 Å². The predicted molar refractivity (Wildman–Crippen MR) is 126 cm³/mol. The highest BCUT2D eigenvalue weighted by Gasteiger charge is 2.25. The Morgan fingerprint density at radius 3 is 2.13 bits per heavy atom. The fourth-order valence-corrected chi connectivity index (χ4v) is 3.98. The Bertz CT molecular complexity index is 765. The summed E-state index contributed by atoms with van der Waals surface area (Å²) in [6.45, 7) is 7.12. The number of rotatable bonds is 12. The molecule has 0 fully saturated rings. The molecule has 5 heteroatoms. The van der Waals surface area contributed by atoms with Crippen molar-refractivity contribution in [1.29, 1.82) is 0 Å². The number of carbonyl (C=O) groups is 2. The Kier molecular flexibility index (Phi) is 10.5. The summed E-state index contributed by atoms with van der Waals surface area (Å²) in [6, 6.07) is 19.9. The Balaban J connectivity index is 1.92. The SMILES string of the molecule is CC(C)CNC(=O)C(C)N(CCc1ccccc1)C(=O)CCSCc1ccccc1. The van der Waals surface area contributed by atoms with Gasteiger partial charge in [0.05, 0.1) is 0 Å². The zero-order chi connectivity index (χ0) is 21.8. The Morgan fingerprint density at radius 2 is 1.53 bits per heavy atom. The van der Waals surface area contributed by atoms with Gasteiger partial charge in [-0.05, 0) is 30.4 Å². The van der Waals surface area contributed by atoms with Crippen LogP contribution < -0.4 is 5.32 Å². The van der Waals surface area contributed by atoms with Crippen LogP contribution in [0.4, 0.5) is 0 Å². The third-order valence-corrected chi connectivity index (χ3v) is 5.94. The molecule has 2 amide bonds. The summed E-state index contributed by atoms with van der Waals surface area (Å²) in [7, 11) is 0. The van der Waals surface area contributed by atoms with Gasteiger partial charge >= 0.3 is 0 Å². The van der Waals surface area contributed by atoms with E-state index >= 15 is 0 Å². The van der Waals surface area contributed by atoms with Gasteiger partial charge in [0.1, 0.15) is 6.04 Å². The third kappa shape index (κ3) is 8.62. The molecule has 4 nitrogen and oxygen atoms in total. The molecule has 1 N–H and O–H groups in total. The minimum Gasteiger partial charge on any atom is -0.354 e. The van der Waals surface area contributed by atoms with Gasteiger partial charge in [0.25, 0.3) is 0 Å². The van der Waals surface area contributed by atoms with Crippen molar-refractivity contribution in [3.8, 4) is 0 Å². The maximum absolute atomic E-state index is 13.0. The average Bonchev–Trinajstić information content (AvgIpc) is 2.76. The molecule has 1 atom stereocenters. The molecule has 0 saturated carbocycles. The lowest BCUT2D eigenvalue weighted by atomic mass is 10.1. The molecule has 0 aliphatic carbocycles. The quantitative estimate of drug-likeness (QED) is 0.507. The lowest BCUT2D eigenvalue weighted by molar-refractivity contribution is -0.139. The monoisotopic (exact) mass is 426 g/mol. The lowest BCUT2D eigenvalue weighted by Gasteiger charge is -2.29. The van der Waals surface area contributed by atoms with E-state index in [2.05, 4.69) is 43.4 Å². The van der Waals surface area contributed by atoms with Crippen LogP contribution in [0.2, 0.25) is 0 Å². The van der Waals surface area contributed by atoms with Crippen LogP contribution in [0.3, 0.4) is 0 Å². The van der Waals surface area contributed by atoms with Crippen LogP contribution in [-0.4, -0.2) is 41.6 Å². The molecule has 0 bridgehead atoms. The van der Waals surface area contributed by atoms with Gasteiger partial charge in [-0.1, -0.05) is 74.5 Å². The van der Waals surface area contributed by atoms with Crippen molar-refractivity contribution >= 4 is 23.6 Å². The Hall–Kier alpha value is -2.27. The van der Waals surface area contributed by atoms with Crippen LogP contribution in [0.25, 0.3) is 0 Å². The van der Waals surface area contributed by atoms with Gasteiger partial charge in [0.2, 0.25) is 11.8 Å². The fraction of sp³-hybridized carbons (Fsp3) is 0.440. The molecule has 0 heterocycles. The number of carbonyl (C=O) groups excluding carboxylic acids is 2. The number of nitrogens with one attached hydrogen (secondary N) is 1. The molecule has 2 aromatic rings. The maximum atomic E-state index is 13.0. The van der Waals surface area contributed by atoms with Crippen molar-refractivity contribution in [3.05, 3.63) is 71.8 Å². The van der Waals surface area contributed by atoms with E-state index in [4.69, 9.17) is 0 Å². The summed E-state index contributed by atoms with van der Waals surface area (Å²) in [4.78, 5) is 27.3. The smallest absolute Gasteiger partial charge is 0.242 e. The van der Waals surface area contributed by atoms with Crippen LogP contribution in [0, 0.1) is 5.92 Å². The zero-order valence-electron chi connectivity index (χ0n) is 18.3. The summed E-state index contributed by atoms with van der Waals surface area (Å²) in [5, 5.41) is 2.97. The van der Waals surface area contributed by atoms with Gasteiger partial charge in [-0.15, -0.1) is 0 Å². The highest BCUT2D eigenvalue weighted by molar-refractivity contribution is 7.98. The van der Waals surface area contributed by atoms with Gasteiger partial charge in [0.15, 0.2) is 0 Å². The first kappa shape index (κ1) is 24.0. The Labute approximate surface area is 185 Å². The highest BCUT2D eigenvalue weighted by atomic mass is 32.2. The second-order valence-corrected chi connectivity index (χ2v) is 9.03. The Morgan fingerprint density at radius 1 is 0.933 bits per heavy atom. The number of hydrogen-bond donors (Lipinski definition) is 1. The summed E-state index contributed by atoms with van der Waals surface area (Å²) in [5.41, 5.74) is 2.43. The third-order valence-electron chi connectivity index (χ3n) is 4.91. The zero-order valence-corrected chi connectivity index (χ0v) is 19.2. The molecule has 2 aromatic carbocycles. The molecule has 30 heavy (non-hydrogen) atoms. The van der Waals surface area contributed by atoms with E-state index in [0.29, 0.717) is 25.4 Å². The van der Waals surface area contributed by atoms with Crippen molar-refractivity contribution in [2.45, 2.75) is 45.4 Å². The summed E-state index contributed by atoms with van der Waals surface area (Å²) >= 11 is 1.75. The van der Waals surface area contributed by atoms with Crippen LogP contribution in [-0.2, 0) is 21.8 Å². The first-order chi connectivity index (χ1) is 14.5. The molecule has 2 rings (SSSR count). The van der Waals surface area contributed by atoms with E-state index in [9.17, 15) is 9.59 Å². The number of hydrogen-bond acceptors (Lipinski definition) is 3. The molecule has 0 spiro atoms. The van der Waals surface area contributed by atoms with Crippen molar-refractivity contribution in [3.63, 3.8) is 0 Å². The van der Waals surface area contributed by atoms with E-state index in [1.54, 1.807) is 16.7 Å². The van der Waals surface area contributed by atoms with Crippen LogP contribution >= 0.6 is 11.8 Å². The fourth-order valence-electron chi connectivity index (χ4n) is 3.09. The molecule has 0 aliphatic rings. The minimum atomic E-state index is -0.473. The van der Waals surface area contributed by atoms with Gasteiger partial charge in [-0.2, -0.15) is 11.8 Å². The van der Waals surface area contributed by atoms with Gasteiger partial charge < -0.3 is 10.2 Å². The second kappa shape index (κ2) is 13.1. The lowest BCUT2D eigenvalue weighted by Crippen LogP contribution is -2.49. The highest BCUT2D eigenvalue weighted by Crippen LogP contribution is 2.15. The van der Waals surface area contributed by atoms with Crippen LogP contribution in [0.15, 0.2) is 60.7 Å². The van der Waals surface area contributed by atoms with E-state index in [0.717, 1.165) is 17.9 Å². The molecule has 0 aliphatic heterocycles. The van der Waals surface area contributed by atoms with Crippen molar-refractivity contribution in [2.24, 2.45) is 5.92 Å². The maximum Gasteiger partial charge on any atom is 0.242 e. The van der Waals surface area contributed by atoms with E-state index in [-0.39, 0.29) is 11.8 Å². The van der Waals surface area contributed by atoms with Crippen molar-refractivity contribution < 1.29 is 9.59 Å². The standard InChI is InChI=1S/C25H34N2O2S/c1-20(2)18-26-25(29)21(3)27(16-14-22-10-6-4-7-11-22)24(28)15-17-30-19-23-12-8-5-9-13-23/h4-13,20-21H,14-19H2,1-3H3,(H,26,29). The molecule has 1 unspecified atom stereocenters. The first-order valence-electron chi connectivity index (χ1n) is 10.7. The van der Waals surface area contributed by atoms with Crippen LogP contribution in [0.5, 0.6) is 0 Å². The topological polar surface area (TPSA) is 49.4 Å². The number of nitrogens with zero attached hydrogens (tertiary/aromatic N) is 1. The van der Waals surface area contributed by atoms with Gasteiger partial charge in [0, 0.05) is 31.0 Å². The largest absolute Gasteiger partial charge is 0.354 e. The molecule has 0 aromatic heterocycles. The van der Waals surface area contributed by atoms with Crippen LogP contribution in [0.1, 0.15) is 38.3 Å². The number of thioether (sulfide) groups is 1. The minimum absolute atomic E-state index is 0.0405.